The Labute approximate surface area is 136 Å². The third kappa shape index (κ3) is 4.05. The van der Waals surface area contributed by atoms with Gasteiger partial charge in [0.05, 0.1) is 29.0 Å². The average molecular weight is 327 g/mol. The minimum absolute atomic E-state index is 0.0577. The zero-order valence-corrected chi connectivity index (χ0v) is 13.9. The van der Waals surface area contributed by atoms with Gasteiger partial charge in [0, 0.05) is 0 Å². The second kappa shape index (κ2) is 6.75. The Kier molecular flexibility index (Phi) is 5.19. The first-order valence-corrected chi connectivity index (χ1v) is 7.88. The van der Waals surface area contributed by atoms with Crippen LogP contribution in [-0.4, -0.2) is 29.4 Å². The fourth-order valence-corrected chi connectivity index (χ4v) is 2.59. The lowest BCUT2D eigenvalue weighted by atomic mass is 9.97. The van der Waals surface area contributed by atoms with Crippen LogP contribution in [-0.2, 0) is 0 Å². The maximum atomic E-state index is 12.2. The minimum atomic E-state index is -0.596. The molecule has 1 atom stereocenters. The molecule has 1 aliphatic carbocycles. The molecule has 1 aromatic rings. The predicted molar refractivity (Wildman–Crippen MR) is 87.6 cm³/mol. The van der Waals surface area contributed by atoms with Crippen molar-refractivity contribution in [3.05, 3.63) is 23.2 Å². The molecule has 1 saturated carbocycles. The number of para-hydroxylation sites is 1. The van der Waals surface area contributed by atoms with Crippen LogP contribution in [0.4, 0.5) is 10.5 Å². The van der Waals surface area contributed by atoms with Crippen molar-refractivity contribution in [1.29, 1.82) is 0 Å². The fraction of sp³-hybridized carbons (Fsp3) is 0.562. The largest absolute Gasteiger partial charge is 0.487 e. The van der Waals surface area contributed by atoms with Gasteiger partial charge in [0.15, 0.2) is 5.75 Å². The summed E-state index contributed by atoms with van der Waals surface area (Å²) in [5, 5.41) is 15.6. The quantitative estimate of drug-likeness (QED) is 0.750. The normalized spacial score (nSPS) is 17.0. The summed E-state index contributed by atoms with van der Waals surface area (Å²) in [6.07, 6.45) is 1.99. The van der Waals surface area contributed by atoms with Crippen molar-refractivity contribution in [2.24, 2.45) is 5.92 Å². The zero-order valence-electron chi connectivity index (χ0n) is 13.1. The smallest absolute Gasteiger partial charge is 0.319 e. The second-order valence-corrected chi connectivity index (χ2v) is 6.62. The van der Waals surface area contributed by atoms with E-state index in [0.29, 0.717) is 22.4 Å². The Morgan fingerprint density at radius 2 is 2.18 bits per heavy atom. The van der Waals surface area contributed by atoms with Crippen molar-refractivity contribution in [2.45, 2.75) is 45.3 Å². The van der Waals surface area contributed by atoms with Crippen molar-refractivity contribution < 1.29 is 14.6 Å². The Hall–Kier alpha value is -1.46. The molecule has 2 amide bonds. The standard InChI is InChI=1S/C16H23ClN2O3/c1-10(2)22-14-12(17)5-4-6-13(14)18-15(21)19-16(3,9-20)11-7-8-11/h4-6,10-11,20H,7-9H2,1-3H3,(H2,18,19,21). The molecule has 0 radical (unpaired) electrons. The highest BCUT2D eigenvalue weighted by Gasteiger charge is 2.42. The monoisotopic (exact) mass is 326 g/mol. The minimum Gasteiger partial charge on any atom is -0.487 e. The van der Waals surface area contributed by atoms with E-state index in [1.54, 1.807) is 18.2 Å². The molecule has 6 heteroatoms. The number of benzene rings is 1. The number of rotatable bonds is 6. The zero-order chi connectivity index (χ0) is 16.3. The summed E-state index contributed by atoms with van der Waals surface area (Å²) in [4.78, 5) is 12.2. The molecule has 2 rings (SSSR count). The first kappa shape index (κ1) is 16.9. The van der Waals surface area contributed by atoms with E-state index in [2.05, 4.69) is 10.6 Å². The highest BCUT2D eigenvalue weighted by atomic mass is 35.5. The molecular weight excluding hydrogens is 304 g/mol. The summed E-state index contributed by atoms with van der Waals surface area (Å²) in [7, 11) is 0. The lowest BCUT2D eigenvalue weighted by molar-refractivity contribution is 0.159. The number of hydrogen-bond donors (Lipinski definition) is 3. The lowest BCUT2D eigenvalue weighted by Gasteiger charge is -2.29. The maximum absolute atomic E-state index is 12.2. The molecule has 122 valence electrons. The molecule has 0 spiro atoms. The van der Waals surface area contributed by atoms with Gasteiger partial charge >= 0.3 is 6.03 Å². The van der Waals surface area contributed by atoms with Crippen LogP contribution >= 0.6 is 11.6 Å². The molecule has 3 N–H and O–H groups in total. The molecule has 0 aromatic heterocycles. The van der Waals surface area contributed by atoms with Gasteiger partial charge in [0.25, 0.3) is 0 Å². The van der Waals surface area contributed by atoms with Gasteiger partial charge in [-0.3, -0.25) is 0 Å². The molecule has 0 bridgehead atoms. The third-order valence-corrected chi connectivity index (χ3v) is 4.07. The number of urea groups is 1. The van der Waals surface area contributed by atoms with Crippen LogP contribution in [0.5, 0.6) is 5.75 Å². The van der Waals surface area contributed by atoms with Gasteiger partial charge in [0.1, 0.15) is 0 Å². The number of aliphatic hydroxyl groups is 1. The first-order chi connectivity index (χ1) is 10.4. The van der Waals surface area contributed by atoms with Crippen molar-refractivity contribution in [2.75, 3.05) is 11.9 Å². The highest BCUT2D eigenvalue weighted by Crippen LogP contribution is 2.39. The van der Waals surface area contributed by atoms with Crippen LogP contribution in [0.15, 0.2) is 18.2 Å². The molecule has 22 heavy (non-hydrogen) atoms. The van der Waals surface area contributed by atoms with Gasteiger partial charge in [-0.25, -0.2) is 4.79 Å². The summed E-state index contributed by atoms with van der Waals surface area (Å²) in [6, 6.07) is 4.82. The van der Waals surface area contributed by atoms with Gasteiger partial charge in [0.2, 0.25) is 0 Å². The number of amides is 2. The maximum Gasteiger partial charge on any atom is 0.319 e. The van der Waals surface area contributed by atoms with Crippen molar-refractivity contribution >= 4 is 23.3 Å². The summed E-state index contributed by atoms with van der Waals surface area (Å²) >= 11 is 6.14. The molecule has 1 aromatic carbocycles. The van der Waals surface area contributed by atoms with E-state index in [0.717, 1.165) is 12.8 Å². The number of anilines is 1. The summed E-state index contributed by atoms with van der Waals surface area (Å²) in [5.74, 6) is 0.778. The van der Waals surface area contributed by atoms with Gasteiger partial charge < -0.3 is 20.5 Å². The van der Waals surface area contributed by atoms with Gasteiger partial charge in [-0.2, -0.15) is 0 Å². The molecule has 0 saturated heterocycles. The number of nitrogens with one attached hydrogen (secondary N) is 2. The van der Waals surface area contributed by atoms with Gasteiger partial charge in [-0.15, -0.1) is 0 Å². The SMILES string of the molecule is CC(C)Oc1c(Cl)cccc1NC(=O)NC(C)(CO)C1CC1. The molecule has 1 aliphatic rings. The number of halogens is 1. The van der Waals surface area contributed by atoms with Crippen molar-refractivity contribution in [1.82, 2.24) is 5.32 Å². The van der Waals surface area contributed by atoms with Crippen LogP contribution in [0, 0.1) is 5.92 Å². The molecule has 0 aliphatic heterocycles. The molecule has 1 fully saturated rings. The molecule has 1 unspecified atom stereocenters. The number of carbonyl (C=O) groups excluding carboxylic acids is 1. The number of carbonyl (C=O) groups is 1. The van der Waals surface area contributed by atoms with Crippen LogP contribution in [0.3, 0.4) is 0 Å². The fourth-order valence-electron chi connectivity index (χ4n) is 2.37. The summed E-state index contributed by atoms with van der Waals surface area (Å²) in [6.45, 7) is 5.55. The van der Waals surface area contributed by atoms with Gasteiger partial charge in [-0.1, -0.05) is 17.7 Å². The van der Waals surface area contributed by atoms with E-state index in [-0.39, 0.29) is 18.7 Å². The topological polar surface area (TPSA) is 70.6 Å². The van der Waals surface area contributed by atoms with E-state index < -0.39 is 5.54 Å². The Morgan fingerprint density at radius 1 is 1.50 bits per heavy atom. The van der Waals surface area contributed by atoms with Gasteiger partial charge in [-0.05, 0) is 51.7 Å². The van der Waals surface area contributed by atoms with E-state index in [1.165, 1.54) is 0 Å². The van der Waals surface area contributed by atoms with Crippen LogP contribution in [0.1, 0.15) is 33.6 Å². The predicted octanol–water partition coefficient (Wildman–Crippen LogP) is 3.41. The molecule has 5 nitrogen and oxygen atoms in total. The van der Waals surface area contributed by atoms with E-state index >= 15 is 0 Å². The Bertz CT molecular complexity index is 546. The highest BCUT2D eigenvalue weighted by molar-refractivity contribution is 6.32. The third-order valence-electron chi connectivity index (χ3n) is 3.77. The number of ether oxygens (including phenoxy) is 1. The number of aliphatic hydroxyl groups excluding tert-OH is 1. The van der Waals surface area contributed by atoms with E-state index in [4.69, 9.17) is 16.3 Å². The first-order valence-electron chi connectivity index (χ1n) is 7.51. The van der Waals surface area contributed by atoms with Crippen molar-refractivity contribution in [3.8, 4) is 5.75 Å². The van der Waals surface area contributed by atoms with E-state index in [1.807, 2.05) is 20.8 Å². The average Bonchev–Trinajstić information content (AvgIpc) is 3.27. The van der Waals surface area contributed by atoms with E-state index in [9.17, 15) is 9.90 Å². The molecular formula is C16H23ClN2O3. The number of hydrogen-bond acceptors (Lipinski definition) is 3. The van der Waals surface area contributed by atoms with Crippen LogP contribution < -0.4 is 15.4 Å². The van der Waals surface area contributed by atoms with Crippen molar-refractivity contribution in [3.63, 3.8) is 0 Å². The Balaban J connectivity index is 2.09. The summed E-state index contributed by atoms with van der Waals surface area (Å²) < 4.78 is 5.67. The van der Waals surface area contributed by atoms with Crippen LogP contribution in [0.25, 0.3) is 0 Å². The lowest BCUT2D eigenvalue weighted by Crippen LogP contribution is -2.52. The second-order valence-electron chi connectivity index (χ2n) is 6.21. The Morgan fingerprint density at radius 3 is 2.73 bits per heavy atom. The molecule has 0 heterocycles. The summed E-state index contributed by atoms with van der Waals surface area (Å²) in [5.41, 5.74) is -0.0864. The van der Waals surface area contributed by atoms with Crippen LogP contribution in [0.2, 0.25) is 5.02 Å².